The average Bonchev–Trinajstić information content (AvgIpc) is 2.56. The molecule has 0 aromatic carbocycles. The quantitative estimate of drug-likeness (QED) is 0.480. The van der Waals surface area contributed by atoms with E-state index < -0.39 is 15.9 Å². The van der Waals surface area contributed by atoms with Gasteiger partial charge in [-0.2, -0.15) is 0 Å². The maximum atomic E-state index is 10.6. The van der Waals surface area contributed by atoms with E-state index in [1.54, 1.807) is 13.8 Å². The molecule has 0 fully saturated rings. The highest BCUT2D eigenvalue weighted by Gasteiger charge is 2.15. The second-order valence-corrected chi connectivity index (χ2v) is 5.35. The molecule has 1 N–H and O–H groups in total. The summed E-state index contributed by atoms with van der Waals surface area (Å²) in [5.41, 5.74) is 0.858. The minimum atomic E-state index is -1.17. The number of nitro groups is 2. The molecule has 0 spiro atoms. The van der Waals surface area contributed by atoms with Crippen LogP contribution < -0.4 is 4.90 Å². The van der Waals surface area contributed by atoms with Crippen LogP contribution in [0.4, 0.5) is 22.0 Å². The van der Waals surface area contributed by atoms with Crippen LogP contribution in [0, 0.1) is 34.1 Å². The lowest BCUT2D eigenvalue weighted by atomic mass is 10.2. The van der Waals surface area contributed by atoms with E-state index in [9.17, 15) is 25.0 Å². The summed E-state index contributed by atoms with van der Waals surface area (Å²) < 4.78 is 0. The SMILES string of the molecule is Cc1cc([N+](=O)[O-])cnc1Cl.Cc1cc([N+](=O)[O-])cnc1N(C)C(=O)O. The molecular formula is C14H14ClN5O6. The fraction of sp³-hybridized carbons (Fsp3) is 0.214. The first-order chi connectivity index (χ1) is 12.0. The van der Waals surface area contributed by atoms with Crippen LogP contribution >= 0.6 is 11.6 Å². The predicted molar refractivity (Wildman–Crippen MR) is 92.7 cm³/mol. The van der Waals surface area contributed by atoms with Crippen molar-refractivity contribution >= 4 is 34.9 Å². The van der Waals surface area contributed by atoms with Crippen LogP contribution in [0.1, 0.15) is 11.1 Å². The van der Waals surface area contributed by atoms with Crippen molar-refractivity contribution in [2.24, 2.45) is 0 Å². The number of aromatic nitrogens is 2. The van der Waals surface area contributed by atoms with Gasteiger partial charge in [-0.3, -0.25) is 25.1 Å². The van der Waals surface area contributed by atoms with Crippen LogP contribution in [0.3, 0.4) is 0 Å². The second kappa shape index (κ2) is 8.67. The zero-order chi connectivity index (χ0) is 20.0. The van der Waals surface area contributed by atoms with Crippen molar-refractivity contribution in [3.63, 3.8) is 0 Å². The van der Waals surface area contributed by atoms with Gasteiger partial charge in [0.25, 0.3) is 11.4 Å². The van der Waals surface area contributed by atoms with Crippen molar-refractivity contribution in [2.45, 2.75) is 13.8 Å². The van der Waals surface area contributed by atoms with Gasteiger partial charge in [-0.15, -0.1) is 0 Å². The maximum Gasteiger partial charge on any atom is 0.412 e. The Morgan fingerprint density at radius 3 is 1.92 bits per heavy atom. The number of anilines is 1. The number of aryl methyl sites for hydroxylation is 2. The van der Waals surface area contributed by atoms with E-state index in [2.05, 4.69) is 9.97 Å². The highest BCUT2D eigenvalue weighted by Crippen LogP contribution is 2.20. The van der Waals surface area contributed by atoms with E-state index in [1.807, 2.05) is 0 Å². The fourth-order valence-corrected chi connectivity index (χ4v) is 1.84. The summed E-state index contributed by atoms with van der Waals surface area (Å²) in [5, 5.41) is 29.6. The molecule has 2 rings (SSSR count). The Morgan fingerprint density at radius 2 is 1.54 bits per heavy atom. The molecule has 2 aromatic heterocycles. The second-order valence-electron chi connectivity index (χ2n) is 4.99. The van der Waals surface area contributed by atoms with Crippen LogP contribution in [0.25, 0.3) is 0 Å². The number of carboxylic acid groups (broad SMARTS) is 1. The number of hydrogen-bond acceptors (Lipinski definition) is 7. The number of carbonyl (C=O) groups is 1. The molecule has 11 nitrogen and oxygen atoms in total. The van der Waals surface area contributed by atoms with Crippen molar-refractivity contribution in [1.82, 2.24) is 9.97 Å². The van der Waals surface area contributed by atoms with E-state index in [1.165, 1.54) is 19.2 Å². The van der Waals surface area contributed by atoms with Gasteiger partial charge in [0.05, 0.1) is 9.85 Å². The lowest BCUT2D eigenvalue weighted by Crippen LogP contribution is -2.25. The first kappa shape index (κ1) is 20.7. The Morgan fingerprint density at radius 1 is 1.08 bits per heavy atom. The molecular weight excluding hydrogens is 370 g/mol. The number of hydrogen-bond donors (Lipinski definition) is 1. The summed E-state index contributed by atoms with van der Waals surface area (Å²) in [5.74, 6) is 0.188. The Labute approximate surface area is 152 Å². The number of nitrogens with zero attached hydrogens (tertiary/aromatic N) is 5. The average molecular weight is 384 g/mol. The number of rotatable bonds is 3. The Hall–Kier alpha value is -3.34. The van der Waals surface area contributed by atoms with Gasteiger partial charge in [0, 0.05) is 19.2 Å². The predicted octanol–water partition coefficient (Wildman–Crippen LogP) is 3.36. The van der Waals surface area contributed by atoms with Gasteiger partial charge < -0.3 is 5.11 Å². The highest BCUT2D eigenvalue weighted by molar-refractivity contribution is 6.30. The Bertz CT molecular complexity index is 860. The van der Waals surface area contributed by atoms with E-state index in [4.69, 9.17) is 16.7 Å². The minimum Gasteiger partial charge on any atom is -0.465 e. The van der Waals surface area contributed by atoms with Gasteiger partial charge in [0.2, 0.25) is 0 Å². The molecule has 26 heavy (non-hydrogen) atoms. The Balaban J connectivity index is 0.000000273. The largest absolute Gasteiger partial charge is 0.465 e. The lowest BCUT2D eigenvalue weighted by molar-refractivity contribution is -0.385. The summed E-state index contributed by atoms with van der Waals surface area (Å²) in [7, 11) is 1.32. The summed E-state index contributed by atoms with van der Waals surface area (Å²) in [6, 6.07) is 2.66. The van der Waals surface area contributed by atoms with Gasteiger partial charge in [-0.25, -0.2) is 14.8 Å². The lowest BCUT2D eigenvalue weighted by Gasteiger charge is -2.13. The molecule has 0 radical (unpaired) electrons. The molecule has 0 saturated heterocycles. The molecule has 0 bridgehead atoms. The highest BCUT2D eigenvalue weighted by atomic mass is 35.5. The van der Waals surface area contributed by atoms with Crippen LogP contribution in [-0.2, 0) is 0 Å². The van der Waals surface area contributed by atoms with E-state index in [0.29, 0.717) is 16.3 Å². The molecule has 138 valence electrons. The van der Waals surface area contributed by atoms with Gasteiger partial charge in [0.15, 0.2) is 0 Å². The van der Waals surface area contributed by atoms with Crippen LogP contribution in [-0.4, -0.2) is 38.1 Å². The number of halogens is 1. The summed E-state index contributed by atoms with van der Waals surface area (Å²) in [6.45, 7) is 3.23. The molecule has 12 heteroatoms. The fourth-order valence-electron chi connectivity index (χ4n) is 1.74. The van der Waals surface area contributed by atoms with Gasteiger partial charge in [-0.1, -0.05) is 11.6 Å². The van der Waals surface area contributed by atoms with Crippen LogP contribution in [0.15, 0.2) is 24.5 Å². The van der Waals surface area contributed by atoms with Gasteiger partial charge in [0.1, 0.15) is 23.4 Å². The van der Waals surface area contributed by atoms with Crippen molar-refractivity contribution < 1.29 is 19.7 Å². The smallest absolute Gasteiger partial charge is 0.412 e. The third-order valence-corrected chi connectivity index (χ3v) is 3.46. The van der Waals surface area contributed by atoms with Crippen molar-refractivity contribution in [2.75, 3.05) is 11.9 Å². The zero-order valence-electron chi connectivity index (χ0n) is 13.9. The molecule has 0 aliphatic heterocycles. The topological polar surface area (TPSA) is 153 Å². The molecule has 1 amide bonds. The monoisotopic (exact) mass is 383 g/mol. The van der Waals surface area contributed by atoms with Crippen molar-refractivity contribution in [3.05, 3.63) is 61.0 Å². The normalized spacial score (nSPS) is 9.69. The van der Waals surface area contributed by atoms with Gasteiger partial charge in [-0.05, 0) is 25.0 Å². The molecule has 0 aliphatic rings. The minimum absolute atomic E-state index is 0.0353. The molecule has 2 aromatic rings. The van der Waals surface area contributed by atoms with E-state index in [-0.39, 0.29) is 17.2 Å². The Kier molecular flexibility index (Phi) is 6.90. The zero-order valence-corrected chi connectivity index (χ0v) is 14.7. The summed E-state index contributed by atoms with van der Waals surface area (Å²) in [6.07, 6.45) is 0.997. The van der Waals surface area contributed by atoms with E-state index in [0.717, 1.165) is 17.3 Å². The first-order valence-corrected chi connectivity index (χ1v) is 7.26. The van der Waals surface area contributed by atoms with Crippen LogP contribution in [0.2, 0.25) is 5.15 Å². The molecule has 0 atom stereocenters. The molecule has 2 heterocycles. The van der Waals surface area contributed by atoms with E-state index >= 15 is 0 Å². The third kappa shape index (κ3) is 5.34. The van der Waals surface area contributed by atoms with Gasteiger partial charge >= 0.3 is 6.09 Å². The standard InChI is InChI=1S/C8H9N3O4.C6H5ClN2O2/c1-5-3-6(11(14)15)4-9-7(5)10(2)8(12)13;1-4-2-5(9(10)11)3-8-6(4)7/h3-4H,1-2H3,(H,12,13);2-3H,1H3. The summed E-state index contributed by atoms with van der Waals surface area (Å²) in [4.78, 5) is 38.4. The first-order valence-electron chi connectivity index (χ1n) is 6.88. The third-order valence-electron chi connectivity index (χ3n) is 3.06. The number of amides is 1. The van der Waals surface area contributed by atoms with Crippen molar-refractivity contribution in [1.29, 1.82) is 0 Å². The summed E-state index contributed by atoms with van der Waals surface area (Å²) >= 11 is 5.55. The number of pyridine rings is 2. The van der Waals surface area contributed by atoms with Crippen molar-refractivity contribution in [3.8, 4) is 0 Å². The molecule has 0 saturated carbocycles. The van der Waals surface area contributed by atoms with Crippen LogP contribution in [0.5, 0.6) is 0 Å². The molecule has 0 unspecified atom stereocenters. The maximum absolute atomic E-state index is 10.6. The molecule has 0 aliphatic carbocycles.